The Kier molecular flexibility index (Phi) is 7.11. The second-order valence-corrected chi connectivity index (χ2v) is 7.41. The number of nitrogens with zero attached hydrogens (tertiary/aromatic N) is 3. The molecule has 0 amide bonds. The number of hydrogen-bond acceptors (Lipinski definition) is 8. The van der Waals surface area contributed by atoms with E-state index in [2.05, 4.69) is 25.7 Å². The molecule has 32 heavy (non-hydrogen) atoms. The van der Waals surface area contributed by atoms with Gasteiger partial charge in [-0.25, -0.2) is 15.8 Å². The van der Waals surface area contributed by atoms with Crippen molar-refractivity contribution in [1.29, 1.82) is 0 Å². The van der Waals surface area contributed by atoms with Crippen molar-refractivity contribution in [1.82, 2.24) is 15.4 Å². The number of nitrogens with one attached hydrogen (secondary N) is 2. The van der Waals surface area contributed by atoms with Crippen molar-refractivity contribution in [3.05, 3.63) is 60.3 Å². The Morgan fingerprint density at radius 3 is 2.69 bits per heavy atom. The number of nitrogens with two attached hydrogens (primary N) is 2. The maximum absolute atomic E-state index is 6.26. The zero-order valence-electron chi connectivity index (χ0n) is 17.7. The first-order chi connectivity index (χ1) is 15.7. The third kappa shape index (κ3) is 5.71. The second kappa shape index (κ2) is 10.6. The molecular weight excluding hydrogens is 406 g/mol. The van der Waals surface area contributed by atoms with Gasteiger partial charge in [-0.05, 0) is 42.0 Å². The minimum atomic E-state index is 0.141. The Labute approximate surface area is 186 Å². The topological polar surface area (TPSA) is 133 Å². The minimum Gasteiger partial charge on any atom is -0.488 e. The average molecular weight is 434 g/mol. The Morgan fingerprint density at radius 1 is 1.12 bits per heavy atom. The van der Waals surface area contributed by atoms with Crippen LogP contribution in [0.15, 0.2) is 59.7 Å². The van der Waals surface area contributed by atoms with E-state index in [1.54, 1.807) is 6.20 Å². The summed E-state index contributed by atoms with van der Waals surface area (Å²) in [7, 11) is 0. The molecule has 0 bridgehead atoms. The molecule has 9 heteroatoms. The SMILES string of the molecule is NNC=NCc1ccc(Nc2nccc(-c3ccc(OC4CCOCC4)c(N)c3)n2)cc1. The Balaban J connectivity index is 1.43. The van der Waals surface area contributed by atoms with E-state index in [0.717, 1.165) is 48.6 Å². The van der Waals surface area contributed by atoms with Crippen LogP contribution in [0.2, 0.25) is 0 Å². The van der Waals surface area contributed by atoms with E-state index >= 15 is 0 Å². The molecule has 9 nitrogen and oxygen atoms in total. The third-order valence-electron chi connectivity index (χ3n) is 5.07. The fraction of sp³-hybridized carbons (Fsp3) is 0.261. The van der Waals surface area contributed by atoms with Crippen LogP contribution >= 0.6 is 0 Å². The molecule has 1 aliphatic rings. The maximum Gasteiger partial charge on any atom is 0.227 e. The second-order valence-electron chi connectivity index (χ2n) is 7.41. The van der Waals surface area contributed by atoms with E-state index in [-0.39, 0.29) is 6.10 Å². The summed E-state index contributed by atoms with van der Waals surface area (Å²) in [6, 6.07) is 15.5. The Bertz CT molecular complexity index is 1050. The molecular formula is C23H27N7O2. The van der Waals surface area contributed by atoms with E-state index < -0.39 is 0 Å². The monoisotopic (exact) mass is 433 g/mol. The Morgan fingerprint density at radius 2 is 1.94 bits per heavy atom. The number of hydrazine groups is 1. The van der Waals surface area contributed by atoms with Crippen LogP contribution in [-0.4, -0.2) is 35.6 Å². The van der Waals surface area contributed by atoms with Gasteiger partial charge in [-0.3, -0.25) is 4.99 Å². The smallest absolute Gasteiger partial charge is 0.227 e. The van der Waals surface area contributed by atoms with Gasteiger partial charge in [0.15, 0.2) is 0 Å². The van der Waals surface area contributed by atoms with Crippen molar-refractivity contribution in [3.8, 4) is 17.0 Å². The normalized spacial score (nSPS) is 14.4. The van der Waals surface area contributed by atoms with E-state index in [0.29, 0.717) is 23.9 Å². The van der Waals surface area contributed by atoms with Crippen molar-refractivity contribution < 1.29 is 9.47 Å². The molecule has 6 N–H and O–H groups in total. The molecule has 0 radical (unpaired) electrons. The molecule has 1 aliphatic heterocycles. The van der Waals surface area contributed by atoms with Gasteiger partial charge >= 0.3 is 0 Å². The fourth-order valence-corrected chi connectivity index (χ4v) is 3.39. The summed E-state index contributed by atoms with van der Waals surface area (Å²) >= 11 is 0. The van der Waals surface area contributed by atoms with Gasteiger partial charge in [-0.2, -0.15) is 0 Å². The lowest BCUT2D eigenvalue weighted by atomic mass is 10.1. The number of hydrogen-bond donors (Lipinski definition) is 4. The summed E-state index contributed by atoms with van der Waals surface area (Å²) in [4.78, 5) is 13.1. The van der Waals surface area contributed by atoms with Crippen LogP contribution in [0.4, 0.5) is 17.3 Å². The van der Waals surface area contributed by atoms with Gasteiger partial charge in [-0.1, -0.05) is 12.1 Å². The lowest BCUT2D eigenvalue weighted by Gasteiger charge is -2.24. The van der Waals surface area contributed by atoms with E-state index in [1.807, 2.05) is 48.5 Å². The summed E-state index contributed by atoms with van der Waals surface area (Å²) in [6.45, 7) is 2.00. The quantitative estimate of drug-likeness (QED) is 0.140. The number of benzene rings is 2. The molecule has 2 aromatic carbocycles. The van der Waals surface area contributed by atoms with Gasteiger partial charge in [-0.15, -0.1) is 0 Å². The first kappa shape index (κ1) is 21.5. The van der Waals surface area contributed by atoms with Crippen LogP contribution < -0.4 is 27.1 Å². The molecule has 1 aromatic heterocycles. The molecule has 0 spiro atoms. The lowest BCUT2D eigenvalue weighted by Crippen LogP contribution is -2.26. The molecule has 166 valence electrons. The van der Waals surface area contributed by atoms with Crippen molar-refractivity contribution in [2.75, 3.05) is 24.3 Å². The fourth-order valence-electron chi connectivity index (χ4n) is 3.39. The van der Waals surface area contributed by atoms with Gasteiger partial charge < -0.3 is 25.9 Å². The zero-order chi connectivity index (χ0) is 22.2. The van der Waals surface area contributed by atoms with Gasteiger partial charge in [0.2, 0.25) is 5.95 Å². The summed E-state index contributed by atoms with van der Waals surface area (Å²) < 4.78 is 11.4. The van der Waals surface area contributed by atoms with Crippen LogP contribution in [0.5, 0.6) is 5.75 Å². The highest BCUT2D eigenvalue weighted by Gasteiger charge is 2.17. The molecule has 4 rings (SSSR count). The van der Waals surface area contributed by atoms with Crippen molar-refractivity contribution in [3.63, 3.8) is 0 Å². The van der Waals surface area contributed by atoms with Gasteiger partial charge in [0.1, 0.15) is 11.9 Å². The van der Waals surface area contributed by atoms with Crippen LogP contribution in [0, 0.1) is 0 Å². The highest BCUT2D eigenvalue weighted by Crippen LogP contribution is 2.30. The van der Waals surface area contributed by atoms with Crippen molar-refractivity contribution >= 4 is 23.7 Å². The first-order valence-electron chi connectivity index (χ1n) is 10.5. The third-order valence-corrected chi connectivity index (χ3v) is 5.07. The highest BCUT2D eigenvalue weighted by atomic mass is 16.5. The lowest BCUT2D eigenvalue weighted by molar-refractivity contribution is 0.0259. The number of nitrogen functional groups attached to an aromatic ring is 1. The minimum absolute atomic E-state index is 0.141. The molecule has 3 aromatic rings. The van der Waals surface area contributed by atoms with Crippen LogP contribution in [0.1, 0.15) is 18.4 Å². The maximum atomic E-state index is 6.26. The van der Waals surface area contributed by atoms with Gasteiger partial charge in [0.05, 0.1) is 37.5 Å². The molecule has 0 saturated carbocycles. The predicted octanol–water partition coefficient (Wildman–Crippen LogP) is 3.02. The molecule has 0 atom stereocenters. The van der Waals surface area contributed by atoms with E-state index in [1.165, 1.54) is 6.34 Å². The summed E-state index contributed by atoms with van der Waals surface area (Å²) in [5.41, 5.74) is 12.8. The summed E-state index contributed by atoms with van der Waals surface area (Å²) in [6.07, 6.45) is 5.07. The van der Waals surface area contributed by atoms with E-state index in [9.17, 15) is 0 Å². The first-order valence-corrected chi connectivity index (χ1v) is 10.5. The molecule has 0 unspecified atom stereocenters. The summed E-state index contributed by atoms with van der Waals surface area (Å²) in [5, 5.41) is 3.23. The van der Waals surface area contributed by atoms with E-state index in [4.69, 9.17) is 21.1 Å². The molecule has 1 saturated heterocycles. The van der Waals surface area contributed by atoms with Crippen LogP contribution in [0.25, 0.3) is 11.3 Å². The summed E-state index contributed by atoms with van der Waals surface area (Å²) in [5.74, 6) is 6.37. The largest absolute Gasteiger partial charge is 0.488 e. The van der Waals surface area contributed by atoms with Crippen LogP contribution in [-0.2, 0) is 11.3 Å². The Hall–Kier alpha value is -3.69. The number of aliphatic imine (C=N–C) groups is 1. The predicted molar refractivity (Wildman–Crippen MR) is 126 cm³/mol. The molecule has 0 aliphatic carbocycles. The number of ether oxygens (including phenoxy) is 2. The standard InChI is InChI=1S/C23H27N7O2/c24-20-13-17(3-6-22(20)32-19-8-11-31-12-9-19)21-7-10-27-23(30-21)29-18-4-1-16(2-5-18)14-26-15-28-25/h1-7,10,13,15,19H,8-9,11-12,14,24-25H2,(H,26,28)(H,27,29,30). The zero-order valence-corrected chi connectivity index (χ0v) is 17.7. The highest BCUT2D eigenvalue weighted by molar-refractivity contribution is 5.69. The molecule has 2 heterocycles. The van der Waals surface area contributed by atoms with Crippen molar-refractivity contribution in [2.24, 2.45) is 10.8 Å². The number of aromatic nitrogens is 2. The van der Waals surface area contributed by atoms with Crippen molar-refractivity contribution in [2.45, 2.75) is 25.5 Å². The average Bonchev–Trinajstić information content (AvgIpc) is 2.82. The molecule has 1 fully saturated rings. The number of anilines is 3. The number of rotatable bonds is 8. The van der Waals surface area contributed by atoms with Gasteiger partial charge in [0.25, 0.3) is 0 Å². The van der Waals surface area contributed by atoms with Crippen LogP contribution in [0.3, 0.4) is 0 Å². The van der Waals surface area contributed by atoms with Gasteiger partial charge in [0, 0.05) is 30.3 Å².